The molecule has 2 amide bonds. The number of thiophene rings is 1. The molecule has 0 aliphatic rings. The van der Waals surface area contributed by atoms with E-state index in [1.165, 1.54) is 35.7 Å². The maximum absolute atomic E-state index is 13.2. The number of methoxy groups -OCH3 is 1. The van der Waals surface area contributed by atoms with Crippen LogP contribution in [-0.2, 0) is 20.9 Å². The molecule has 0 spiro atoms. The molecular formula is C21H17F3N2O6S2. The van der Waals surface area contributed by atoms with Gasteiger partial charge in [0.1, 0.15) is 0 Å². The van der Waals surface area contributed by atoms with E-state index in [-0.39, 0.29) is 21.3 Å². The molecule has 180 valence electrons. The second-order valence-corrected chi connectivity index (χ2v) is 9.39. The first kappa shape index (κ1) is 25.1. The highest BCUT2D eigenvalue weighted by molar-refractivity contribution is 7.90. The molecule has 1 heterocycles. The van der Waals surface area contributed by atoms with Gasteiger partial charge in [0.25, 0.3) is 10.0 Å². The monoisotopic (exact) mass is 514 g/mol. The lowest BCUT2D eigenvalue weighted by Gasteiger charge is -2.16. The fourth-order valence-electron chi connectivity index (χ4n) is 2.68. The zero-order chi connectivity index (χ0) is 25.1. The van der Waals surface area contributed by atoms with Crippen LogP contribution in [0.1, 0.15) is 20.8 Å². The molecule has 34 heavy (non-hydrogen) atoms. The fraction of sp³-hybridized carbons (Fsp3) is 0.143. The summed E-state index contributed by atoms with van der Waals surface area (Å²) < 4.78 is 76.5. The van der Waals surface area contributed by atoms with E-state index in [1.54, 1.807) is 11.6 Å². The number of alkyl halides is 3. The van der Waals surface area contributed by atoms with E-state index in [9.17, 15) is 31.2 Å². The molecule has 0 unspecified atom stereocenters. The van der Waals surface area contributed by atoms with Crippen molar-refractivity contribution in [3.8, 4) is 11.5 Å². The summed E-state index contributed by atoms with van der Waals surface area (Å²) in [4.78, 5) is 24.1. The third-order valence-corrected chi connectivity index (χ3v) is 6.56. The van der Waals surface area contributed by atoms with E-state index in [0.29, 0.717) is 12.1 Å². The molecule has 0 aliphatic carbocycles. The van der Waals surface area contributed by atoms with Crippen LogP contribution in [0.5, 0.6) is 11.5 Å². The minimum atomic E-state index is -4.75. The zero-order valence-corrected chi connectivity index (χ0v) is 19.2. The maximum Gasteiger partial charge on any atom is 0.416 e. The van der Waals surface area contributed by atoms with Crippen LogP contribution in [0.2, 0.25) is 0 Å². The summed E-state index contributed by atoms with van der Waals surface area (Å²) in [5.41, 5.74) is -0.808. The van der Waals surface area contributed by atoms with E-state index in [2.05, 4.69) is 10.1 Å². The summed E-state index contributed by atoms with van der Waals surface area (Å²) in [5, 5.41) is 3.57. The molecule has 0 fully saturated rings. The summed E-state index contributed by atoms with van der Waals surface area (Å²) >= 11 is 0.977. The van der Waals surface area contributed by atoms with Gasteiger partial charge in [0, 0.05) is 0 Å². The Labute approximate surface area is 196 Å². The van der Waals surface area contributed by atoms with Crippen molar-refractivity contribution >= 4 is 39.0 Å². The van der Waals surface area contributed by atoms with E-state index < -0.39 is 39.5 Å². The predicted molar refractivity (Wildman–Crippen MR) is 118 cm³/mol. The van der Waals surface area contributed by atoms with Crippen molar-refractivity contribution in [2.45, 2.75) is 18.0 Å². The van der Waals surface area contributed by atoms with Crippen LogP contribution in [0.25, 0.3) is 0 Å². The number of halogens is 3. The molecule has 1 aromatic heterocycles. The van der Waals surface area contributed by atoms with Gasteiger partial charge in [-0.15, -0.1) is 11.3 Å². The van der Waals surface area contributed by atoms with Gasteiger partial charge in [-0.05, 0) is 48.7 Å². The van der Waals surface area contributed by atoms with E-state index >= 15 is 0 Å². The van der Waals surface area contributed by atoms with Crippen molar-refractivity contribution in [2.24, 2.45) is 0 Å². The first-order valence-corrected chi connectivity index (χ1v) is 11.7. The lowest BCUT2D eigenvalue weighted by atomic mass is 10.1. The molecule has 3 rings (SSSR count). The number of anilines is 1. The van der Waals surface area contributed by atoms with Crippen LogP contribution >= 0.6 is 11.3 Å². The highest BCUT2D eigenvalue weighted by Gasteiger charge is 2.32. The molecule has 0 aliphatic heterocycles. The second kappa shape index (κ2) is 9.73. The Morgan fingerprint density at radius 2 is 1.68 bits per heavy atom. The molecule has 0 radical (unpaired) electrons. The number of rotatable bonds is 6. The molecule has 0 atom stereocenters. The molecule has 0 bridgehead atoms. The Balaban J connectivity index is 1.91. The van der Waals surface area contributed by atoms with Crippen molar-refractivity contribution in [1.82, 2.24) is 4.72 Å². The number of urea groups is 1. The summed E-state index contributed by atoms with van der Waals surface area (Å²) in [6.45, 7) is 1.74. The van der Waals surface area contributed by atoms with Gasteiger partial charge in [0.15, 0.2) is 16.4 Å². The van der Waals surface area contributed by atoms with Gasteiger partial charge < -0.3 is 14.8 Å². The van der Waals surface area contributed by atoms with Crippen molar-refractivity contribution < 1.29 is 40.7 Å². The van der Waals surface area contributed by atoms with E-state index in [4.69, 9.17) is 4.74 Å². The summed E-state index contributed by atoms with van der Waals surface area (Å²) in [6.07, 6.45) is -4.75. The lowest BCUT2D eigenvalue weighted by Crippen LogP contribution is -2.34. The van der Waals surface area contributed by atoms with Crippen molar-refractivity contribution in [2.75, 3.05) is 12.4 Å². The second-order valence-electron chi connectivity index (χ2n) is 6.79. The number of esters is 1. The lowest BCUT2D eigenvalue weighted by molar-refractivity contribution is -0.137. The quantitative estimate of drug-likeness (QED) is 0.440. The normalized spacial score (nSPS) is 11.6. The first-order valence-electron chi connectivity index (χ1n) is 9.36. The number of hydrogen-bond donors (Lipinski definition) is 2. The van der Waals surface area contributed by atoms with Gasteiger partial charge in [-0.25, -0.2) is 22.7 Å². The van der Waals surface area contributed by atoms with Gasteiger partial charge in [-0.2, -0.15) is 13.2 Å². The molecule has 2 N–H and O–H groups in total. The number of aryl methyl sites for hydroxylation is 1. The number of ether oxygens (including phenoxy) is 2. The average Bonchev–Trinajstić information content (AvgIpc) is 3.21. The van der Waals surface area contributed by atoms with E-state index in [0.717, 1.165) is 30.1 Å². The Morgan fingerprint density at radius 1 is 1.00 bits per heavy atom. The van der Waals surface area contributed by atoms with Crippen LogP contribution in [0.3, 0.4) is 0 Å². The minimum Gasteiger partial charge on any atom is -0.465 e. The smallest absolute Gasteiger partial charge is 0.416 e. The Bertz CT molecular complexity index is 1320. The Hall–Kier alpha value is -3.58. The minimum absolute atomic E-state index is 0.0210. The van der Waals surface area contributed by atoms with Crippen LogP contribution in [0.4, 0.5) is 23.7 Å². The summed E-state index contributed by atoms with van der Waals surface area (Å²) in [6, 6.07) is 7.89. The van der Waals surface area contributed by atoms with Crippen molar-refractivity contribution in [3.05, 3.63) is 69.9 Å². The SMILES string of the molecule is COC(=O)c1sccc1Oc1ccc(C(F)(F)F)cc1NC(=O)NS(=O)(=O)c1ccc(C)cc1. The Morgan fingerprint density at radius 3 is 2.29 bits per heavy atom. The summed E-state index contributed by atoms with van der Waals surface area (Å²) in [5.74, 6) is -1.01. The number of sulfonamides is 1. The molecular weight excluding hydrogens is 497 g/mol. The predicted octanol–water partition coefficient (Wildman–Crippen LogP) is 5.16. The van der Waals surface area contributed by atoms with Gasteiger partial charge in [-0.3, -0.25) is 0 Å². The van der Waals surface area contributed by atoms with Gasteiger partial charge in [-0.1, -0.05) is 17.7 Å². The van der Waals surface area contributed by atoms with Crippen LogP contribution < -0.4 is 14.8 Å². The largest absolute Gasteiger partial charge is 0.465 e. The van der Waals surface area contributed by atoms with Crippen molar-refractivity contribution in [1.29, 1.82) is 0 Å². The zero-order valence-electron chi connectivity index (χ0n) is 17.6. The van der Waals surface area contributed by atoms with Gasteiger partial charge in [0.2, 0.25) is 0 Å². The van der Waals surface area contributed by atoms with Crippen LogP contribution in [0.15, 0.2) is 58.8 Å². The number of hydrogen-bond acceptors (Lipinski definition) is 7. The number of nitrogens with one attached hydrogen (secondary N) is 2. The highest BCUT2D eigenvalue weighted by Crippen LogP contribution is 2.38. The third-order valence-electron chi connectivity index (χ3n) is 4.33. The molecule has 3 aromatic rings. The number of carbonyl (C=O) groups excluding carboxylic acids is 2. The van der Waals surface area contributed by atoms with Crippen molar-refractivity contribution in [3.63, 3.8) is 0 Å². The van der Waals surface area contributed by atoms with E-state index in [1.807, 2.05) is 0 Å². The fourth-order valence-corrected chi connectivity index (χ4v) is 4.32. The molecule has 8 nitrogen and oxygen atoms in total. The summed E-state index contributed by atoms with van der Waals surface area (Å²) in [7, 11) is -3.16. The molecule has 2 aromatic carbocycles. The van der Waals surface area contributed by atoms with Gasteiger partial charge in [0.05, 0.1) is 23.3 Å². The standard InChI is InChI=1S/C21H17F3N2O6S2/c1-12-3-6-14(7-4-12)34(29,30)26-20(28)25-15-11-13(21(22,23)24)5-8-16(15)32-17-9-10-33-18(17)19(27)31-2/h3-11H,1-2H3,(H2,25,26,28). The van der Waals surface area contributed by atoms with Crippen LogP contribution in [-0.4, -0.2) is 27.5 Å². The molecule has 0 saturated carbocycles. The molecule has 0 saturated heterocycles. The maximum atomic E-state index is 13.2. The van der Waals surface area contributed by atoms with Crippen LogP contribution in [0, 0.1) is 6.92 Å². The first-order chi connectivity index (χ1) is 15.9. The highest BCUT2D eigenvalue weighted by atomic mass is 32.2. The Kier molecular flexibility index (Phi) is 7.17. The number of amides is 2. The topological polar surface area (TPSA) is 111 Å². The number of benzene rings is 2. The third kappa shape index (κ3) is 5.85. The molecule has 13 heteroatoms. The van der Waals surface area contributed by atoms with Gasteiger partial charge >= 0.3 is 18.2 Å². The average molecular weight is 515 g/mol. The number of carbonyl (C=O) groups is 2.